The average Bonchev–Trinajstić information content (AvgIpc) is 2.77. The van der Waals surface area contributed by atoms with Gasteiger partial charge in [-0.05, 0) is 32.4 Å². The fourth-order valence-electron chi connectivity index (χ4n) is 2.44. The van der Waals surface area contributed by atoms with Crippen molar-refractivity contribution in [1.82, 2.24) is 15.3 Å². The molecule has 2 unspecified atom stereocenters. The second-order valence-electron chi connectivity index (χ2n) is 5.38. The van der Waals surface area contributed by atoms with Crippen LogP contribution in [0.5, 0.6) is 0 Å². The van der Waals surface area contributed by atoms with Gasteiger partial charge in [0.25, 0.3) is 0 Å². The highest BCUT2D eigenvalue weighted by molar-refractivity contribution is 5.73. The zero-order chi connectivity index (χ0) is 13.3. The fourth-order valence-corrected chi connectivity index (χ4v) is 2.44. The predicted octanol–water partition coefficient (Wildman–Crippen LogP) is 2.29. The van der Waals surface area contributed by atoms with Crippen molar-refractivity contribution in [2.24, 2.45) is 0 Å². The maximum atomic E-state index is 5.63. The van der Waals surface area contributed by atoms with Gasteiger partial charge in [0.15, 0.2) is 0 Å². The lowest BCUT2D eigenvalue weighted by Crippen LogP contribution is -2.47. The number of hydrogen-bond acceptors (Lipinski definition) is 4. The molecule has 19 heavy (non-hydrogen) atoms. The molecule has 1 aromatic heterocycles. The van der Waals surface area contributed by atoms with Gasteiger partial charge in [0, 0.05) is 18.7 Å². The number of aromatic nitrogens is 2. The number of rotatable bonds is 3. The number of ether oxygens (including phenoxy) is 1. The van der Waals surface area contributed by atoms with Crippen molar-refractivity contribution in [2.45, 2.75) is 38.5 Å². The predicted molar refractivity (Wildman–Crippen MR) is 74.8 cm³/mol. The summed E-state index contributed by atoms with van der Waals surface area (Å²) in [6.07, 6.45) is 3.12. The van der Waals surface area contributed by atoms with Crippen LogP contribution >= 0.6 is 0 Å². The Morgan fingerprint density at radius 3 is 2.89 bits per heavy atom. The second kappa shape index (κ2) is 4.87. The van der Waals surface area contributed by atoms with Crippen LogP contribution in [0.25, 0.3) is 11.0 Å². The largest absolute Gasteiger partial charge is 0.377 e. The van der Waals surface area contributed by atoms with Crippen molar-refractivity contribution >= 4 is 11.0 Å². The van der Waals surface area contributed by atoms with Crippen molar-refractivity contribution in [2.75, 3.05) is 6.61 Å². The average molecular weight is 257 g/mol. The first-order chi connectivity index (χ1) is 9.17. The van der Waals surface area contributed by atoms with E-state index in [0.717, 1.165) is 36.3 Å². The van der Waals surface area contributed by atoms with Crippen LogP contribution in [0.3, 0.4) is 0 Å². The first kappa shape index (κ1) is 12.5. The van der Waals surface area contributed by atoms with Gasteiger partial charge in [-0.2, -0.15) is 0 Å². The van der Waals surface area contributed by atoms with E-state index < -0.39 is 0 Å². The van der Waals surface area contributed by atoms with Crippen molar-refractivity contribution < 1.29 is 4.74 Å². The molecule has 1 aliphatic heterocycles. The Hall–Kier alpha value is -1.52. The number of hydrogen-bond donors (Lipinski definition) is 1. The Labute approximate surface area is 113 Å². The molecule has 0 radical (unpaired) electrons. The molecule has 1 saturated heterocycles. The van der Waals surface area contributed by atoms with Crippen LogP contribution in [0.4, 0.5) is 0 Å². The Balaban J connectivity index is 1.75. The molecule has 100 valence electrons. The van der Waals surface area contributed by atoms with Crippen molar-refractivity contribution in [1.29, 1.82) is 0 Å². The first-order valence-electron chi connectivity index (χ1n) is 6.75. The molecule has 3 rings (SSSR count). The van der Waals surface area contributed by atoms with E-state index in [1.807, 2.05) is 30.5 Å². The molecule has 0 amide bonds. The van der Waals surface area contributed by atoms with Crippen LogP contribution in [0, 0.1) is 0 Å². The molecule has 2 heterocycles. The minimum Gasteiger partial charge on any atom is -0.377 e. The molecule has 0 spiro atoms. The Kier molecular flexibility index (Phi) is 3.21. The Bertz CT molecular complexity index is 586. The minimum absolute atomic E-state index is 0.0350. The van der Waals surface area contributed by atoms with Gasteiger partial charge in [-0.1, -0.05) is 12.1 Å². The molecule has 4 nitrogen and oxygen atoms in total. The van der Waals surface area contributed by atoms with Crippen molar-refractivity contribution in [3.63, 3.8) is 0 Å². The third-order valence-corrected chi connectivity index (χ3v) is 4.06. The summed E-state index contributed by atoms with van der Waals surface area (Å²) in [5.74, 6) is 0. The number of fused-ring (bicyclic) bond motifs is 1. The molecule has 1 aromatic carbocycles. The summed E-state index contributed by atoms with van der Waals surface area (Å²) in [7, 11) is 0. The SMILES string of the molecule is CC1OCCC1(C)NCc1cnc2ccccc2n1. The second-order valence-corrected chi connectivity index (χ2v) is 5.38. The summed E-state index contributed by atoms with van der Waals surface area (Å²) in [5, 5.41) is 3.56. The number of nitrogens with one attached hydrogen (secondary N) is 1. The van der Waals surface area contributed by atoms with E-state index in [1.54, 1.807) is 0 Å². The summed E-state index contributed by atoms with van der Waals surface area (Å²) in [6.45, 7) is 5.88. The molecule has 1 fully saturated rings. The third kappa shape index (κ3) is 2.46. The summed E-state index contributed by atoms with van der Waals surface area (Å²) in [4.78, 5) is 9.06. The molecule has 1 N–H and O–H groups in total. The van der Waals surface area contributed by atoms with Crippen molar-refractivity contribution in [3.8, 4) is 0 Å². The lowest BCUT2D eigenvalue weighted by molar-refractivity contribution is 0.0880. The monoisotopic (exact) mass is 257 g/mol. The van der Waals surface area contributed by atoms with Crippen LogP contribution in [-0.2, 0) is 11.3 Å². The van der Waals surface area contributed by atoms with Gasteiger partial charge in [-0.25, -0.2) is 4.98 Å². The zero-order valence-corrected chi connectivity index (χ0v) is 11.4. The standard InChI is InChI=1S/C15H19N3O/c1-11-15(2,7-8-19-11)17-10-12-9-16-13-5-3-4-6-14(13)18-12/h3-6,9,11,17H,7-8,10H2,1-2H3. The summed E-state index contributed by atoms with van der Waals surface area (Å²) >= 11 is 0. The van der Waals surface area contributed by atoms with Gasteiger partial charge in [-0.3, -0.25) is 4.98 Å². The van der Waals surface area contributed by atoms with E-state index in [-0.39, 0.29) is 11.6 Å². The first-order valence-corrected chi connectivity index (χ1v) is 6.75. The maximum Gasteiger partial charge on any atom is 0.0890 e. The van der Waals surface area contributed by atoms with E-state index >= 15 is 0 Å². The molecule has 1 aliphatic rings. The Morgan fingerprint density at radius 1 is 1.37 bits per heavy atom. The Morgan fingerprint density at radius 2 is 2.16 bits per heavy atom. The van der Waals surface area contributed by atoms with E-state index in [9.17, 15) is 0 Å². The van der Waals surface area contributed by atoms with Gasteiger partial charge < -0.3 is 10.1 Å². The number of para-hydroxylation sites is 2. The van der Waals surface area contributed by atoms with Gasteiger partial charge in [0.05, 0.1) is 29.0 Å². The molecule has 0 aliphatic carbocycles. The summed E-state index contributed by atoms with van der Waals surface area (Å²) < 4.78 is 5.63. The van der Waals surface area contributed by atoms with E-state index in [4.69, 9.17) is 4.74 Å². The lowest BCUT2D eigenvalue weighted by atomic mass is 9.94. The normalized spacial score (nSPS) is 26.9. The number of benzene rings is 1. The van der Waals surface area contributed by atoms with Gasteiger partial charge >= 0.3 is 0 Å². The van der Waals surface area contributed by atoms with E-state index in [0.29, 0.717) is 0 Å². The minimum atomic E-state index is 0.0350. The highest BCUT2D eigenvalue weighted by atomic mass is 16.5. The van der Waals surface area contributed by atoms with Crippen LogP contribution in [0.15, 0.2) is 30.5 Å². The third-order valence-electron chi connectivity index (χ3n) is 4.06. The van der Waals surface area contributed by atoms with Crippen LogP contribution in [0.1, 0.15) is 26.0 Å². The van der Waals surface area contributed by atoms with Crippen molar-refractivity contribution in [3.05, 3.63) is 36.2 Å². The van der Waals surface area contributed by atoms with Gasteiger partial charge in [0.2, 0.25) is 0 Å². The highest BCUT2D eigenvalue weighted by Gasteiger charge is 2.36. The molecule has 0 bridgehead atoms. The molecular weight excluding hydrogens is 238 g/mol. The summed E-state index contributed by atoms with van der Waals surface area (Å²) in [6, 6.07) is 7.94. The smallest absolute Gasteiger partial charge is 0.0890 e. The molecular formula is C15H19N3O. The quantitative estimate of drug-likeness (QED) is 0.916. The lowest BCUT2D eigenvalue weighted by Gasteiger charge is -2.28. The van der Waals surface area contributed by atoms with Crippen LogP contribution in [0.2, 0.25) is 0 Å². The molecule has 2 atom stereocenters. The van der Waals surface area contributed by atoms with E-state index in [2.05, 4.69) is 29.1 Å². The molecule has 2 aromatic rings. The highest BCUT2D eigenvalue weighted by Crippen LogP contribution is 2.25. The zero-order valence-electron chi connectivity index (χ0n) is 11.4. The van der Waals surface area contributed by atoms with E-state index in [1.165, 1.54) is 0 Å². The molecule has 0 saturated carbocycles. The summed E-state index contributed by atoms with van der Waals surface area (Å²) in [5.41, 5.74) is 2.89. The fraction of sp³-hybridized carbons (Fsp3) is 0.467. The van der Waals surface area contributed by atoms with Gasteiger partial charge in [-0.15, -0.1) is 0 Å². The topological polar surface area (TPSA) is 47.0 Å². The van der Waals surface area contributed by atoms with Crippen LogP contribution in [-0.4, -0.2) is 28.2 Å². The van der Waals surface area contributed by atoms with Crippen LogP contribution < -0.4 is 5.32 Å². The van der Waals surface area contributed by atoms with Gasteiger partial charge in [0.1, 0.15) is 0 Å². The number of nitrogens with zero attached hydrogens (tertiary/aromatic N) is 2. The molecule has 4 heteroatoms. The maximum absolute atomic E-state index is 5.63.